The first-order valence-electron chi connectivity index (χ1n) is 6.53. The van der Waals surface area contributed by atoms with E-state index in [1.807, 2.05) is 49.6 Å². The molecule has 3 aromatic rings. The van der Waals surface area contributed by atoms with Crippen LogP contribution in [0.5, 0.6) is 0 Å². The Labute approximate surface area is 121 Å². The monoisotopic (exact) mass is 287 g/mol. The number of aromatic amines is 1. The Balaban J connectivity index is 0.000000704. The standard InChI is InChI=1S/C13H11N3OS.C2H6/c14-8-5-9(18-7-8)6-12-10-3-1-2-4-11(10)13(17)16-15-12;1-2/h1-5,7H,6,14H2,(H,16,17);1-2H3. The highest BCUT2D eigenvalue weighted by Gasteiger charge is 2.07. The maximum absolute atomic E-state index is 11.7. The van der Waals surface area contributed by atoms with E-state index in [1.54, 1.807) is 11.3 Å². The molecule has 0 saturated heterocycles. The predicted octanol–water partition coefficient (Wildman–Crippen LogP) is 3.18. The highest BCUT2D eigenvalue weighted by atomic mass is 32.1. The number of hydrogen-bond donors (Lipinski definition) is 2. The van der Waals surface area contributed by atoms with Crippen molar-refractivity contribution in [2.24, 2.45) is 0 Å². The second-order valence-corrected chi connectivity index (χ2v) is 5.06. The molecule has 2 heterocycles. The van der Waals surface area contributed by atoms with Crippen LogP contribution in [0, 0.1) is 0 Å². The summed E-state index contributed by atoms with van der Waals surface area (Å²) in [6.07, 6.45) is 0.680. The summed E-state index contributed by atoms with van der Waals surface area (Å²) in [6, 6.07) is 9.43. The zero-order valence-electron chi connectivity index (χ0n) is 11.5. The molecule has 5 heteroatoms. The van der Waals surface area contributed by atoms with Crippen molar-refractivity contribution in [3.63, 3.8) is 0 Å². The van der Waals surface area contributed by atoms with Crippen LogP contribution in [-0.4, -0.2) is 10.2 Å². The predicted molar refractivity (Wildman–Crippen MR) is 85.2 cm³/mol. The van der Waals surface area contributed by atoms with Crippen LogP contribution in [0.4, 0.5) is 5.69 Å². The van der Waals surface area contributed by atoms with Crippen molar-refractivity contribution < 1.29 is 0 Å². The molecule has 1 aromatic carbocycles. The molecule has 0 aliphatic carbocycles. The summed E-state index contributed by atoms with van der Waals surface area (Å²) < 4.78 is 0. The molecule has 4 nitrogen and oxygen atoms in total. The topological polar surface area (TPSA) is 71.8 Å². The first kappa shape index (κ1) is 14.3. The van der Waals surface area contributed by atoms with Gasteiger partial charge < -0.3 is 5.73 Å². The number of fused-ring (bicyclic) bond motifs is 1. The molecule has 0 radical (unpaired) electrons. The minimum Gasteiger partial charge on any atom is -0.398 e. The Morgan fingerprint density at radius 2 is 1.95 bits per heavy atom. The normalized spacial score (nSPS) is 10.1. The lowest BCUT2D eigenvalue weighted by Crippen LogP contribution is -2.10. The quantitative estimate of drug-likeness (QED) is 0.760. The fourth-order valence-electron chi connectivity index (χ4n) is 1.96. The maximum Gasteiger partial charge on any atom is 0.272 e. The largest absolute Gasteiger partial charge is 0.398 e. The zero-order valence-corrected chi connectivity index (χ0v) is 12.3. The molecule has 0 amide bonds. The number of nitrogens with one attached hydrogen (secondary N) is 1. The SMILES string of the molecule is CC.Nc1csc(Cc2n[nH]c(=O)c3ccccc23)c1. The lowest BCUT2D eigenvalue weighted by atomic mass is 10.1. The van der Waals surface area contributed by atoms with Crippen molar-refractivity contribution >= 4 is 27.8 Å². The van der Waals surface area contributed by atoms with E-state index in [-0.39, 0.29) is 5.56 Å². The summed E-state index contributed by atoms with van der Waals surface area (Å²) >= 11 is 1.60. The molecule has 0 atom stereocenters. The highest BCUT2D eigenvalue weighted by Crippen LogP contribution is 2.21. The number of aromatic nitrogens is 2. The van der Waals surface area contributed by atoms with Gasteiger partial charge in [0.15, 0.2) is 0 Å². The van der Waals surface area contributed by atoms with Crippen LogP contribution in [-0.2, 0) is 6.42 Å². The van der Waals surface area contributed by atoms with E-state index in [0.717, 1.165) is 21.6 Å². The van der Waals surface area contributed by atoms with Crippen LogP contribution in [0.15, 0.2) is 40.5 Å². The van der Waals surface area contributed by atoms with Gasteiger partial charge in [-0.3, -0.25) is 4.79 Å². The molecule has 3 rings (SSSR count). The van der Waals surface area contributed by atoms with Gasteiger partial charge in [0.2, 0.25) is 0 Å². The van der Waals surface area contributed by atoms with Gasteiger partial charge in [-0.15, -0.1) is 11.3 Å². The number of benzene rings is 1. The molecule has 0 spiro atoms. The van der Waals surface area contributed by atoms with Crippen molar-refractivity contribution in [1.82, 2.24) is 10.2 Å². The third kappa shape index (κ3) is 2.88. The van der Waals surface area contributed by atoms with Crippen LogP contribution in [0.3, 0.4) is 0 Å². The summed E-state index contributed by atoms with van der Waals surface area (Å²) in [4.78, 5) is 12.8. The van der Waals surface area contributed by atoms with Crippen molar-refractivity contribution in [2.45, 2.75) is 20.3 Å². The Kier molecular flexibility index (Phi) is 4.53. The summed E-state index contributed by atoms with van der Waals surface area (Å²) in [5.41, 5.74) is 7.18. The van der Waals surface area contributed by atoms with Crippen molar-refractivity contribution in [3.8, 4) is 0 Å². The summed E-state index contributed by atoms with van der Waals surface area (Å²) in [6.45, 7) is 4.00. The van der Waals surface area contributed by atoms with Gasteiger partial charge in [0.25, 0.3) is 5.56 Å². The number of nitrogens with two attached hydrogens (primary N) is 1. The number of rotatable bonds is 2. The van der Waals surface area contributed by atoms with E-state index in [0.29, 0.717) is 11.8 Å². The molecular weight excluding hydrogens is 270 g/mol. The second kappa shape index (κ2) is 6.34. The molecule has 20 heavy (non-hydrogen) atoms. The minimum absolute atomic E-state index is 0.153. The van der Waals surface area contributed by atoms with Gasteiger partial charge >= 0.3 is 0 Å². The van der Waals surface area contributed by atoms with Gasteiger partial charge in [0.05, 0.1) is 11.1 Å². The van der Waals surface area contributed by atoms with E-state index in [2.05, 4.69) is 10.2 Å². The van der Waals surface area contributed by atoms with Gasteiger partial charge in [-0.2, -0.15) is 5.10 Å². The number of hydrogen-bond acceptors (Lipinski definition) is 4. The molecule has 104 valence electrons. The first-order chi connectivity index (χ1) is 9.74. The molecule has 0 aliphatic rings. The zero-order chi connectivity index (χ0) is 14.5. The van der Waals surface area contributed by atoms with Gasteiger partial charge in [0.1, 0.15) is 0 Å². The molecular formula is C15H17N3OS. The minimum atomic E-state index is -0.153. The number of H-pyrrole nitrogens is 1. The van der Waals surface area contributed by atoms with Gasteiger partial charge in [-0.05, 0) is 12.1 Å². The lowest BCUT2D eigenvalue weighted by Gasteiger charge is -2.02. The van der Waals surface area contributed by atoms with Crippen molar-refractivity contribution in [2.75, 3.05) is 5.73 Å². The molecule has 0 fully saturated rings. The molecule has 0 aliphatic heterocycles. The van der Waals surface area contributed by atoms with Crippen molar-refractivity contribution in [1.29, 1.82) is 0 Å². The number of nitrogen functional groups attached to an aromatic ring is 1. The second-order valence-electron chi connectivity index (χ2n) is 4.07. The Hall–Kier alpha value is -2.14. The van der Waals surface area contributed by atoms with Gasteiger partial charge in [-0.1, -0.05) is 32.0 Å². The number of nitrogens with zero attached hydrogens (tertiary/aromatic N) is 1. The number of anilines is 1. The fraction of sp³-hybridized carbons (Fsp3) is 0.200. The smallest absolute Gasteiger partial charge is 0.272 e. The van der Waals surface area contributed by atoms with E-state index >= 15 is 0 Å². The highest BCUT2D eigenvalue weighted by molar-refractivity contribution is 7.10. The molecule has 2 aromatic heterocycles. The Morgan fingerprint density at radius 3 is 2.60 bits per heavy atom. The van der Waals surface area contributed by atoms with Crippen molar-refractivity contribution in [3.05, 3.63) is 56.6 Å². The van der Waals surface area contributed by atoms with E-state index in [1.165, 1.54) is 0 Å². The van der Waals surface area contributed by atoms with Crippen LogP contribution in [0.25, 0.3) is 10.8 Å². The van der Waals surface area contributed by atoms with Gasteiger partial charge in [0, 0.05) is 27.8 Å². The van der Waals surface area contributed by atoms with Gasteiger partial charge in [-0.25, -0.2) is 5.10 Å². The van der Waals surface area contributed by atoms with E-state index in [9.17, 15) is 4.79 Å². The van der Waals surface area contributed by atoms with Crippen LogP contribution in [0.2, 0.25) is 0 Å². The summed E-state index contributed by atoms with van der Waals surface area (Å²) in [5, 5.41) is 10.2. The Bertz CT molecular complexity index is 761. The molecule has 3 N–H and O–H groups in total. The number of thiophene rings is 1. The average molecular weight is 287 g/mol. The van der Waals surface area contributed by atoms with Crippen LogP contribution >= 0.6 is 11.3 Å². The summed E-state index contributed by atoms with van der Waals surface area (Å²) in [5.74, 6) is 0. The van der Waals surface area contributed by atoms with E-state index in [4.69, 9.17) is 5.73 Å². The lowest BCUT2D eigenvalue weighted by molar-refractivity contribution is 0.940. The molecule has 0 saturated carbocycles. The molecule has 0 bridgehead atoms. The fourth-order valence-corrected chi connectivity index (χ4v) is 2.74. The Morgan fingerprint density at radius 1 is 1.25 bits per heavy atom. The third-order valence-electron chi connectivity index (χ3n) is 2.79. The summed E-state index contributed by atoms with van der Waals surface area (Å²) in [7, 11) is 0. The average Bonchev–Trinajstić information content (AvgIpc) is 2.90. The molecule has 0 unspecified atom stereocenters. The van der Waals surface area contributed by atoms with Crippen LogP contribution in [0.1, 0.15) is 24.4 Å². The third-order valence-corrected chi connectivity index (χ3v) is 3.75. The van der Waals surface area contributed by atoms with Crippen LogP contribution < -0.4 is 11.3 Å². The van der Waals surface area contributed by atoms with E-state index < -0.39 is 0 Å². The first-order valence-corrected chi connectivity index (χ1v) is 7.41. The maximum atomic E-state index is 11.7.